The molecule has 0 aromatic carbocycles. The van der Waals surface area contributed by atoms with Crippen LogP contribution in [0.15, 0.2) is 0 Å². The first kappa shape index (κ1) is 13.3. The van der Waals surface area contributed by atoms with Crippen molar-refractivity contribution >= 4 is 0 Å². The summed E-state index contributed by atoms with van der Waals surface area (Å²) in [6.07, 6.45) is 6.55. The highest BCUT2D eigenvalue weighted by atomic mass is 16.3. The number of aliphatic hydroxyl groups excluding tert-OH is 1. The maximum atomic E-state index is 9.28. The third-order valence-corrected chi connectivity index (χ3v) is 4.73. The first-order chi connectivity index (χ1) is 8.29. The molecule has 100 valence electrons. The van der Waals surface area contributed by atoms with E-state index in [4.69, 9.17) is 0 Å². The summed E-state index contributed by atoms with van der Waals surface area (Å²) in [5, 5.41) is 12.9. The molecule has 3 nitrogen and oxygen atoms in total. The lowest BCUT2D eigenvalue weighted by molar-refractivity contribution is 0.185. The van der Waals surface area contributed by atoms with Crippen LogP contribution in [0.2, 0.25) is 0 Å². The van der Waals surface area contributed by atoms with Crippen LogP contribution in [0.1, 0.15) is 32.1 Å². The second-order valence-corrected chi connectivity index (χ2v) is 6.04. The Morgan fingerprint density at radius 3 is 2.47 bits per heavy atom. The van der Waals surface area contributed by atoms with Crippen molar-refractivity contribution in [1.29, 1.82) is 0 Å². The van der Waals surface area contributed by atoms with Gasteiger partial charge in [-0.3, -0.25) is 0 Å². The number of likely N-dealkylation sites (tertiary alicyclic amines) is 1. The molecule has 1 heterocycles. The summed E-state index contributed by atoms with van der Waals surface area (Å²) < 4.78 is 0. The highest BCUT2D eigenvalue weighted by molar-refractivity contribution is 4.79. The van der Waals surface area contributed by atoms with Gasteiger partial charge in [0.2, 0.25) is 0 Å². The summed E-state index contributed by atoms with van der Waals surface area (Å²) in [6.45, 7) is 5.21. The van der Waals surface area contributed by atoms with Gasteiger partial charge in [-0.2, -0.15) is 0 Å². The lowest BCUT2D eigenvalue weighted by atomic mass is 9.95. The van der Waals surface area contributed by atoms with Crippen LogP contribution in [-0.2, 0) is 0 Å². The summed E-state index contributed by atoms with van der Waals surface area (Å²) in [4.78, 5) is 2.43. The molecule has 1 saturated carbocycles. The minimum atomic E-state index is 0.389. The van der Waals surface area contributed by atoms with Gasteiger partial charge in [-0.1, -0.05) is 6.42 Å². The molecule has 2 unspecified atom stereocenters. The highest BCUT2D eigenvalue weighted by Gasteiger charge is 2.26. The number of aliphatic hydroxyl groups is 1. The molecule has 3 heteroatoms. The van der Waals surface area contributed by atoms with Crippen LogP contribution in [0.25, 0.3) is 0 Å². The molecule has 0 aromatic heterocycles. The van der Waals surface area contributed by atoms with Crippen molar-refractivity contribution in [3.05, 3.63) is 0 Å². The Hall–Kier alpha value is -0.120. The maximum absolute atomic E-state index is 9.28. The minimum Gasteiger partial charge on any atom is -0.396 e. The standard InChI is InChI=1S/C14H28N2O/c1-16-7-5-12(6-8-16)9-15-10-13-3-2-4-14(13)11-17/h12-15,17H,2-11H2,1H3. The normalized spacial score (nSPS) is 32.1. The van der Waals surface area contributed by atoms with Gasteiger partial charge in [-0.25, -0.2) is 0 Å². The van der Waals surface area contributed by atoms with Crippen molar-refractivity contribution in [3.8, 4) is 0 Å². The monoisotopic (exact) mass is 240 g/mol. The molecule has 0 bridgehead atoms. The number of nitrogens with one attached hydrogen (secondary N) is 1. The molecule has 2 atom stereocenters. The molecule has 0 aromatic rings. The second kappa shape index (κ2) is 6.72. The van der Waals surface area contributed by atoms with E-state index in [9.17, 15) is 5.11 Å². The lowest BCUT2D eigenvalue weighted by Crippen LogP contribution is -2.36. The van der Waals surface area contributed by atoms with Gasteiger partial charge >= 0.3 is 0 Å². The summed E-state index contributed by atoms with van der Waals surface area (Å²) in [7, 11) is 2.22. The van der Waals surface area contributed by atoms with E-state index in [2.05, 4.69) is 17.3 Å². The van der Waals surface area contributed by atoms with Gasteiger partial charge in [0.1, 0.15) is 0 Å². The molecular formula is C14H28N2O. The van der Waals surface area contributed by atoms with Crippen LogP contribution in [0.5, 0.6) is 0 Å². The van der Waals surface area contributed by atoms with E-state index in [-0.39, 0.29) is 0 Å². The van der Waals surface area contributed by atoms with Gasteiger partial charge in [-0.15, -0.1) is 0 Å². The van der Waals surface area contributed by atoms with E-state index in [1.54, 1.807) is 0 Å². The molecule has 17 heavy (non-hydrogen) atoms. The average molecular weight is 240 g/mol. The molecule has 1 aliphatic carbocycles. The molecule has 2 aliphatic rings. The molecule has 1 saturated heterocycles. The molecule has 0 spiro atoms. The Bertz CT molecular complexity index is 214. The van der Waals surface area contributed by atoms with E-state index in [1.807, 2.05) is 0 Å². The van der Waals surface area contributed by atoms with E-state index < -0.39 is 0 Å². The topological polar surface area (TPSA) is 35.5 Å². The van der Waals surface area contributed by atoms with E-state index in [0.717, 1.165) is 18.4 Å². The van der Waals surface area contributed by atoms with Crippen LogP contribution in [-0.4, -0.2) is 49.8 Å². The van der Waals surface area contributed by atoms with Crippen LogP contribution in [0.4, 0.5) is 0 Å². The molecule has 1 aliphatic heterocycles. The van der Waals surface area contributed by atoms with Crippen molar-refractivity contribution in [2.45, 2.75) is 32.1 Å². The van der Waals surface area contributed by atoms with Crippen molar-refractivity contribution in [3.63, 3.8) is 0 Å². The number of nitrogens with zero attached hydrogens (tertiary/aromatic N) is 1. The zero-order chi connectivity index (χ0) is 12.1. The van der Waals surface area contributed by atoms with Crippen LogP contribution in [0, 0.1) is 17.8 Å². The second-order valence-electron chi connectivity index (χ2n) is 6.04. The number of hydrogen-bond acceptors (Lipinski definition) is 3. The summed E-state index contributed by atoms with van der Waals surface area (Å²) in [6, 6.07) is 0. The summed E-state index contributed by atoms with van der Waals surface area (Å²) in [5.41, 5.74) is 0. The maximum Gasteiger partial charge on any atom is 0.0462 e. The van der Waals surface area contributed by atoms with Crippen LogP contribution < -0.4 is 5.32 Å². The predicted octanol–water partition coefficient (Wildman–Crippen LogP) is 1.33. The van der Waals surface area contributed by atoms with Gasteiger partial charge in [0, 0.05) is 6.61 Å². The zero-order valence-corrected chi connectivity index (χ0v) is 11.2. The highest BCUT2D eigenvalue weighted by Crippen LogP contribution is 2.30. The van der Waals surface area contributed by atoms with Gasteiger partial charge < -0.3 is 15.3 Å². The molecular weight excluding hydrogens is 212 g/mol. The Morgan fingerprint density at radius 2 is 1.76 bits per heavy atom. The van der Waals surface area contributed by atoms with E-state index >= 15 is 0 Å². The largest absolute Gasteiger partial charge is 0.396 e. The van der Waals surface area contributed by atoms with Crippen molar-refractivity contribution in [2.75, 3.05) is 39.8 Å². The first-order valence-electron chi connectivity index (χ1n) is 7.29. The Kier molecular flexibility index (Phi) is 5.26. The van der Waals surface area contributed by atoms with E-state index in [1.165, 1.54) is 51.7 Å². The fourth-order valence-electron chi connectivity index (χ4n) is 3.36. The molecule has 0 amide bonds. The molecule has 2 N–H and O–H groups in total. The minimum absolute atomic E-state index is 0.389. The third kappa shape index (κ3) is 3.94. The van der Waals surface area contributed by atoms with Crippen molar-refractivity contribution < 1.29 is 5.11 Å². The summed E-state index contributed by atoms with van der Waals surface area (Å²) in [5.74, 6) is 2.17. The lowest BCUT2D eigenvalue weighted by Gasteiger charge is -2.29. The fraction of sp³-hybridized carbons (Fsp3) is 1.00. The van der Waals surface area contributed by atoms with Gasteiger partial charge in [-0.05, 0) is 76.7 Å². The predicted molar refractivity (Wildman–Crippen MR) is 71.0 cm³/mol. The smallest absolute Gasteiger partial charge is 0.0462 e. The average Bonchev–Trinajstić information content (AvgIpc) is 2.79. The SMILES string of the molecule is CN1CCC(CNCC2CCCC2CO)CC1. The first-order valence-corrected chi connectivity index (χ1v) is 7.29. The van der Waals surface area contributed by atoms with E-state index in [0.29, 0.717) is 12.5 Å². The number of piperidine rings is 1. The molecule has 0 radical (unpaired) electrons. The van der Waals surface area contributed by atoms with Crippen LogP contribution in [0.3, 0.4) is 0 Å². The van der Waals surface area contributed by atoms with Crippen LogP contribution >= 0.6 is 0 Å². The zero-order valence-electron chi connectivity index (χ0n) is 11.2. The Balaban J connectivity index is 1.59. The Labute approximate surface area is 106 Å². The van der Waals surface area contributed by atoms with Gasteiger partial charge in [0.25, 0.3) is 0 Å². The third-order valence-electron chi connectivity index (χ3n) is 4.73. The molecule has 2 rings (SSSR count). The van der Waals surface area contributed by atoms with Gasteiger partial charge in [0.05, 0.1) is 0 Å². The van der Waals surface area contributed by atoms with Gasteiger partial charge in [0.15, 0.2) is 0 Å². The van der Waals surface area contributed by atoms with Crippen molar-refractivity contribution in [1.82, 2.24) is 10.2 Å². The summed E-state index contributed by atoms with van der Waals surface area (Å²) >= 11 is 0. The quantitative estimate of drug-likeness (QED) is 0.761. The van der Waals surface area contributed by atoms with Crippen molar-refractivity contribution in [2.24, 2.45) is 17.8 Å². The number of rotatable bonds is 5. The number of hydrogen-bond donors (Lipinski definition) is 2. The molecule has 2 fully saturated rings. The fourth-order valence-corrected chi connectivity index (χ4v) is 3.36. The Morgan fingerprint density at radius 1 is 1.06 bits per heavy atom.